The summed E-state index contributed by atoms with van der Waals surface area (Å²) in [7, 11) is -0.648. The highest BCUT2D eigenvalue weighted by Gasteiger charge is 2.51. The number of ketones is 3. The van der Waals surface area contributed by atoms with E-state index in [1.165, 1.54) is 60.3 Å². The smallest absolute Gasteiger partial charge is 0.244 e. The first kappa shape index (κ1) is 58.1. The predicted octanol–water partition coefficient (Wildman–Crippen LogP) is 2.53. The number of amides is 1. The van der Waals surface area contributed by atoms with Gasteiger partial charge in [-0.3, -0.25) is 23.9 Å². The first-order valence-corrected chi connectivity index (χ1v) is 28.2. The molecule has 18 nitrogen and oxygen atoms in total. The number of aryl methyl sites for hydroxylation is 1. The second-order valence-electron chi connectivity index (χ2n) is 20.2. The van der Waals surface area contributed by atoms with Crippen LogP contribution in [0.4, 0.5) is 0 Å². The molecule has 1 aliphatic heterocycles. The van der Waals surface area contributed by atoms with E-state index in [0.29, 0.717) is 18.0 Å². The van der Waals surface area contributed by atoms with Crippen LogP contribution in [0.15, 0.2) is 140 Å². The molecule has 420 valence electrons. The highest BCUT2D eigenvalue weighted by atomic mass is 79.9. The molecule has 81 heavy (non-hydrogen) atoms. The molecule has 1 amide bonds. The number of nitrogens with zero attached hydrogens (tertiary/aromatic N) is 3. The summed E-state index contributed by atoms with van der Waals surface area (Å²) < 4.78 is 25.4. The minimum atomic E-state index is -2.38. The number of halogens is 1. The van der Waals surface area contributed by atoms with Gasteiger partial charge in [-0.2, -0.15) is 0 Å². The molecule has 6 atom stereocenters. The second-order valence-corrected chi connectivity index (χ2v) is 23.8. The molecule has 0 bridgehead atoms. The van der Waals surface area contributed by atoms with Crippen LogP contribution in [0.25, 0.3) is 6.08 Å². The average Bonchev–Trinajstić information content (AvgIpc) is 4.07. The van der Waals surface area contributed by atoms with Gasteiger partial charge in [-0.15, -0.1) is 5.10 Å². The number of aromatic hydroxyl groups is 3. The normalized spacial score (nSPS) is 20.4. The number of hydrogen-bond donors (Lipinski definition) is 7. The number of carbonyl (C=O) groups is 4. The van der Waals surface area contributed by atoms with Crippen molar-refractivity contribution >= 4 is 52.5 Å². The van der Waals surface area contributed by atoms with Gasteiger partial charge in [0.1, 0.15) is 82.5 Å². The number of nitrogens with one attached hydrogen (secondary N) is 1. The Bertz CT molecular complexity index is 3400. The minimum absolute atomic E-state index is 0. The van der Waals surface area contributed by atoms with Gasteiger partial charge in [0.2, 0.25) is 11.7 Å². The summed E-state index contributed by atoms with van der Waals surface area (Å²) in [5.41, 5.74) is -3.30. The molecule has 0 radical (unpaired) electrons. The number of aliphatic hydroxyl groups excluding tert-OH is 2. The molecule has 1 fully saturated rings. The second kappa shape index (κ2) is 24.6. The lowest BCUT2D eigenvalue weighted by Gasteiger charge is -2.42. The zero-order valence-electron chi connectivity index (χ0n) is 44.2. The van der Waals surface area contributed by atoms with Crippen molar-refractivity contribution < 1.29 is 85.7 Å². The molecule has 6 aromatic carbocycles. The molecule has 10 rings (SSSR count). The zero-order chi connectivity index (χ0) is 56.3. The third-order valence-electron chi connectivity index (χ3n) is 15.2. The van der Waals surface area contributed by atoms with E-state index in [9.17, 15) is 49.8 Å². The van der Waals surface area contributed by atoms with Gasteiger partial charge in [-0.1, -0.05) is 71.9 Å². The Kier molecular flexibility index (Phi) is 17.7. The molecular formula is C61H60BrN4O14P. The van der Waals surface area contributed by atoms with Gasteiger partial charge in [0, 0.05) is 60.2 Å². The summed E-state index contributed by atoms with van der Waals surface area (Å²) >= 11 is 0. The van der Waals surface area contributed by atoms with Crippen LogP contribution in [0.2, 0.25) is 0 Å². The zero-order valence-corrected chi connectivity index (χ0v) is 46.7. The van der Waals surface area contributed by atoms with E-state index in [0.717, 1.165) is 25.1 Å². The van der Waals surface area contributed by atoms with E-state index in [1.807, 2.05) is 10.9 Å². The molecule has 7 aromatic rings. The van der Waals surface area contributed by atoms with Crippen molar-refractivity contribution in [1.82, 2.24) is 20.3 Å². The van der Waals surface area contributed by atoms with Gasteiger partial charge >= 0.3 is 0 Å². The van der Waals surface area contributed by atoms with E-state index in [-0.39, 0.29) is 69.3 Å². The lowest BCUT2D eigenvalue weighted by Crippen LogP contribution is -3.00. The fraction of sp³-hybridized carbons (Fsp3) is 0.279. The maximum Gasteiger partial charge on any atom is 0.244 e. The van der Waals surface area contributed by atoms with E-state index in [1.54, 1.807) is 12.1 Å². The summed E-state index contributed by atoms with van der Waals surface area (Å²) in [6.45, 7) is 1.17. The van der Waals surface area contributed by atoms with Crippen LogP contribution in [0.1, 0.15) is 92.9 Å². The molecule has 2 aliphatic carbocycles. The van der Waals surface area contributed by atoms with Crippen molar-refractivity contribution in [2.24, 2.45) is 0 Å². The molecule has 0 saturated carbocycles. The Labute approximate surface area is 477 Å². The fourth-order valence-corrected chi connectivity index (χ4v) is 15.6. The van der Waals surface area contributed by atoms with Crippen LogP contribution in [-0.2, 0) is 38.6 Å². The summed E-state index contributed by atoms with van der Waals surface area (Å²) in [4.78, 5) is 54.5. The number of methoxy groups -OCH3 is 1. The van der Waals surface area contributed by atoms with E-state index >= 15 is 0 Å². The Morgan fingerprint density at radius 1 is 0.852 bits per heavy atom. The quantitative estimate of drug-likeness (QED) is 0.0265. The lowest BCUT2D eigenvalue weighted by atomic mass is 9.72. The Morgan fingerprint density at radius 2 is 1.51 bits per heavy atom. The molecule has 1 saturated heterocycles. The van der Waals surface area contributed by atoms with Gasteiger partial charge in [0.15, 0.2) is 17.9 Å². The van der Waals surface area contributed by atoms with Gasteiger partial charge in [-0.25, -0.2) is 0 Å². The number of aromatic nitrogens is 3. The molecule has 0 unspecified atom stereocenters. The van der Waals surface area contributed by atoms with Crippen LogP contribution in [0.5, 0.6) is 28.7 Å². The average molecular weight is 1180 g/mol. The molecular weight excluding hydrogens is 1120 g/mol. The fourth-order valence-electron chi connectivity index (χ4n) is 11.2. The predicted molar refractivity (Wildman–Crippen MR) is 296 cm³/mol. The number of aliphatic hydroxyl groups is 3. The summed E-state index contributed by atoms with van der Waals surface area (Å²) in [6, 6.07) is 40.3. The molecule has 3 aliphatic rings. The van der Waals surface area contributed by atoms with Crippen molar-refractivity contribution in [3.05, 3.63) is 184 Å². The molecule has 1 aromatic heterocycles. The van der Waals surface area contributed by atoms with Crippen LogP contribution < -0.4 is 47.7 Å². The number of fused-ring (bicyclic) bond motifs is 3. The Hall–Kier alpha value is -7.61. The van der Waals surface area contributed by atoms with Crippen LogP contribution in [0.3, 0.4) is 0 Å². The SMILES string of the molecule is COc1cccc2c1C(=O)c1c(O)c3c(c(O)c1C2=O)C[C@@](O)(C(=O)CO)C[C@@H]3O[C@@H]1C[C@@H](NC(=O)/C=C/c2ccc(OCc3cn(CCCC[P+](c4ccccc4)(c4ccccc4)c4ccccc4)nn3)cc2O)[C@@H](O)[C@@H](C)O1.[Br-]. The van der Waals surface area contributed by atoms with Crippen molar-refractivity contribution in [3.63, 3.8) is 0 Å². The third-order valence-corrected chi connectivity index (χ3v) is 19.7. The Morgan fingerprint density at radius 3 is 2.14 bits per heavy atom. The Balaban J connectivity index is 0.00000792. The van der Waals surface area contributed by atoms with Gasteiger partial charge in [-0.05, 0) is 80.4 Å². The minimum Gasteiger partial charge on any atom is -1.00 e. The molecule has 2 heterocycles. The lowest BCUT2D eigenvalue weighted by molar-refractivity contribution is -0.249. The largest absolute Gasteiger partial charge is 1.00 e. The molecule has 0 spiro atoms. The number of carbonyl (C=O) groups excluding carboxylic acids is 4. The van der Waals surface area contributed by atoms with Crippen LogP contribution >= 0.6 is 7.26 Å². The summed E-state index contributed by atoms with van der Waals surface area (Å²) in [6.07, 6.45) is 0.685. The van der Waals surface area contributed by atoms with E-state index in [4.69, 9.17) is 18.9 Å². The van der Waals surface area contributed by atoms with Crippen LogP contribution in [0, 0.1) is 0 Å². The van der Waals surface area contributed by atoms with Crippen molar-refractivity contribution in [1.29, 1.82) is 0 Å². The number of rotatable bonds is 19. The number of phenolic OH excluding ortho intramolecular Hbond substituents is 3. The molecule has 7 N–H and O–H groups in total. The van der Waals surface area contributed by atoms with E-state index < -0.39 is 109 Å². The van der Waals surface area contributed by atoms with Gasteiger partial charge < -0.3 is 71.9 Å². The summed E-state index contributed by atoms with van der Waals surface area (Å²) in [5, 5.41) is 82.7. The van der Waals surface area contributed by atoms with E-state index in [2.05, 4.69) is 107 Å². The maximum atomic E-state index is 14.1. The van der Waals surface area contributed by atoms with Crippen LogP contribution in [-0.4, -0.2) is 119 Å². The summed E-state index contributed by atoms with van der Waals surface area (Å²) in [5.74, 6) is -4.66. The number of benzene rings is 6. The number of hydrogen-bond acceptors (Lipinski definition) is 16. The first-order chi connectivity index (χ1) is 38.6. The third kappa shape index (κ3) is 11.5. The maximum absolute atomic E-state index is 14.1. The van der Waals surface area contributed by atoms with Crippen molar-refractivity contribution in [2.45, 2.75) is 88.4 Å². The standard InChI is InChI=1S/C61H59N4O14P.BrH/c1-36-56(70)45(30-51(78-36)79-48-32-61(75,49(68)34-66)31-44-53(48)60(74)55-54(58(44)72)57(71)43-21-14-22-47(76-2)52(43)59(55)73)62-50(69)26-24-37-23-25-39(29-46(37)67)77-35-38-33-65(64-63-38)27-12-13-28-80(40-15-6-3-7-16-40,41-17-8-4-9-18-41)42-19-10-5-11-20-42;/h3-11,14-26,29,33,36,45,48,51,56,66,70,75H,12-13,27-28,30-32,34-35H2,1-2H3,(H3-,62,63,64,67,69,71,72,73,74);1H/t36-,45-,48+,51-,56+,61+;/m1./s1. The number of ether oxygens (including phenoxy) is 4. The topological polar surface area (TPSA) is 269 Å². The number of unbranched alkanes of at least 4 members (excludes halogenated alkanes) is 1. The number of Topliss-reactive ketones (excluding diaryl/α,β-unsaturated/α-hetero) is 1. The molecule has 20 heteroatoms. The monoisotopic (exact) mass is 1180 g/mol. The van der Waals surface area contributed by atoms with Crippen molar-refractivity contribution in [3.8, 4) is 28.7 Å². The highest BCUT2D eigenvalue weighted by Crippen LogP contribution is 2.56. The first-order valence-electron chi connectivity index (χ1n) is 26.2. The van der Waals surface area contributed by atoms with Gasteiger partial charge in [0.05, 0.1) is 54.4 Å². The number of phenols is 3. The highest BCUT2D eigenvalue weighted by molar-refractivity contribution is 7.95. The van der Waals surface area contributed by atoms with Gasteiger partial charge in [0.25, 0.3) is 0 Å². The van der Waals surface area contributed by atoms with Crippen molar-refractivity contribution in [2.75, 3.05) is 19.9 Å².